The van der Waals surface area contributed by atoms with E-state index in [4.69, 9.17) is 10.3 Å². The molecule has 3 rings (SSSR count). The summed E-state index contributed by atoms with van der Waals surface area (Å²) in [5, 5.41) is 4.00. The Bertz CT molecular complexity index is 705. The highest BCUT2D eigenvalue weighted by Crippen LogP contribution is 2.37. The predicted molar refractivity (Wildman–Crippen MR) is 82.2 cm³/mol. The first-order valence-corrected chi connectivity index (χ1v) is 8.13. The molecule has 24 heavy (non-hydrogen) atoms. The molecule has 130 valence electrons. The maximum absolute atomic E-state index is 12.9. The maximum atomic E-state index is 12.9. The summed E-state index contributed by atoms with van der Waals surface area (Å²) in [6.45, 7) is 1.88. The third-order valence-electron chi connectivity index (χ3n) is 4.71. The minimum Gasteiger partial charge on any atom is -0.339 e. The van der Waals surface area contributed by atoms with Gasteiger partial charge in [-0.2, -0.15) is 18.2 Å². The summed E-state index contributed by atoms with van der Waals surface area (Å²) in [6, 6.07) is 5.26. The summed E-state index contributed by atoms with van der Waals surface area (Å²) >= 11 is 0. The summed E-state index contributed by atoms with van der Waals surface area (Å²) in [6.07, 6.45) is -0.185. The molecule has 0 radical (unpaired) electrons. The van der Waals surface area contributed by atoms with E-state index in [0.717, 1.165) is 37.8 Å². The van der Waals surface area contributed by atoms with Gasteiger partial charge >= 0.3 is 6.18 Å². The van der Waals surface area contributed by atoms with Crippen molar-refractivity contribution < 1.29 is 17.7 Å². The largest absolute Gasteiger partial charge is 0.416 e. The van der Waals surface area contributed by atoms with Gasteiger partial charge in [-0.15, -0.1) is 0 Å². The lowest BCUT2D eigenvalue weighted by atomic mass is 9.94. The van der Waals surface area contributed by atoms with E-state index in [9.17, 15) is 13.2 Å². The average molecular weight is 339 g/mol. The number of aromatic nitrogens is 2. The Labute approximate surface area is 138 Å². The normalized spacial score (nSPS) is 18.7. The lowest BCUT2D eigenvalue weighted by Gasteiger charge is -2.18. The zero-order valence-electron chi connectivity index (χ0n) is 13.4. The van der Waals surface area contributed by atoms with Crippen LogP contribution in [0.4, 0.5) is 13.2 Å². The topological polar surface area (TPSA) is 64.9 Å². The highest BCUT2D eigenvalue weighted by Gasteiger charge is 2.37. The summed E-state index contributed by atoms with van der Waals surface area (Å²) in [5.41, 5.74) is 5.58. The molecule has 2 N–H and O–H groups in total. The van der Waals surface area contributed by atoms with Gasteiger partial charge in [0.2, 0.25) is 5.89 Å². The molecule has 1 fully saturated rings. The molecule has 0 bridgehead atoms. The van der Waals surface area contributed by atoms with Gasteiger partial charge in [-0.05, 0) is 30.9 Å². The monoisotopic (exact) mass is 339 g/mol. The van der Waals surface area contributed by atoms with Crippen molar-refractivity contribution in [1.82, 2.24) is 10.1 Å². The van der Waals surface area contributed by atoms with Crippen LogP contribution in [-0.4, -0.2) is 10.1 Å². The first kappa shape index (κ1) is 17.0. The Hall–Kier alpha value is -1.89. The maximum Gasteiger partial charge on any atom is 0.416 e. The van der Waals surface area contributed by atoms with Crippen LogP contribution in [0, 0.1) is 0 Å². The summed E-state index contributed by atoms with van der Waals surface area (Å²) in [5.74, 6) is 0.405. The molecular formula is C17H20F3N3O. The summed E-state index contributed by atoms with van der Waals surface area (Å²) in [7, 11) is 0. The van der Waals surface area contributed by atoms with Gasteiger partial charge in [0.25, 0.3) is 0 Å². The lowest BCUT2D eigenvalue weighted by molar-refractivity contribution is -0.137. The second-order valence-electron chi connectivity index (χ2n) is 6.40. The van der Waals surface area contributed by atoms with Crippen molar-refractivity contribution in [3.63, 3.8) is 0 Å². The standard InChI is InChI=1S/C17H20F3N3O/c1-2-13(11-6-5-7-12(10-11)17(18,19)20)14-22-15(23-24-14)16(21)8-3-4-9-16/h5-7,10,13H,2-4,8-9,21H2,1H3. The highest BCUT2D eigenvalue weighted by molar-refractivity contribution is 5.31. The first-order chi connectivity index (χ1) is 11.3. The number of hydrogen-bond acceptors (Lipinski definition) is 4. The third kappa shape index (κ3) is 3.17. The molecule has 7 heteroatoms. The summed E-state index contributed by atoms with van der Waals surface area (Å²) < 4.78 is 44.1. The van der Waals surface area contributed by atoms with Crippen molar-refractivity contribution in [2.45, 2.75) is 56.7 Å². The fraction of sp³-hybridized carbons (Fsp3) is 0.529. The van der Waals surface area contributed by atoms with Crippen LogP contribution < -0.4 is 5.73 Å². The molecule has 1 unspecified atom stereocenters. The molecule has 1 aromatic carbocycles. The molecule has 0 spiro atoms. The van der Waals surface area contributed by atoms with Crippen LogP contribution in [0.1, 0.15) is 67.8 Å². The van der Waals surface area contributed by atoms with Crippen LogP contribution in [0.3, 0.4) is 0 Å². The number of nitrogens with zero attached hydrogens (tertiary/aromatic N) is 2. The van der Waals surface area contributed by atoms with Crippen molar-refractivity contribution in [2.24, 2.45) is 5.73 Å². The minimum atomic E-state index is -4.38. The van der Waals surface area contributed by atoms with Crippen LogP contribution in [0.5, 0.6) is 0 Å². The number of benzene rings is 1. The molecule has 0 aliphatic heterocycles. The molecule has 1 heterocycles. The second kappa shape index (κ2) is 6.20. The van der Waals surface area contributed by atoms with Gasteiger partial charge < -0.3 is 10.3 Å². The highest BCUT2D eigenvalue weighted by atomic mass is 19.4. The van der Waals surface area contributed by atoms with E-state index >= 15 is 0 Å². The Morgan fingerprint density at radius 1 is 1.29 bits per heavy atom. The SMILES string of the molecule is CCC(c1cccc(C(F)(F)F)c1)c1nc(C2(N)CCCC2)no1. The van der Waals surface area contributed by atoms with Crippen LogP contribution in [0.2, 0.25) is 0 Å². The van der Waals surface area contributed by atoms with E-state index in [1.165, 1.54) is 6.07 Å². The number of alkyl halides is 3. The van der Waals surface area contributed by atoms with Crippen LogP contribution >= 0.6 is 0 Å². The third-order valence-corrected chi connectivity index (χ3v) is 4.71. The van der Waals surface area contributed by atoms with E-state index in [-0.39, 0.29) is 5.92 Å². The number of nitrogens with two attached hydrogens (primary N) is 1. The van der Waals surface area contributed by atoms with Crippen LogP contribution in [0.25, 0.3) is 0 Å². The van der Waals surface area contributed by atoms with Crippen molar-refractivity contribution >= 4 is 0 Å². The molecule has 2 aromatic rings. The first-order valence-electron chi connectivity index (χ1n) is 8.13. The van der Waals surface area contributed by atoms with Crippen molar-refractivity contribution in [3.05, 3.63) is 47.1 Å². The van der Waals surface area contributed by atoms with E-state index in [1.54, 1.807) is 6.07 Å². The van der Waals surface area contributed by atoms with Crippen molar-refractivity contribution in [2.75, 3.05) is 0 Å². The zero-order chi connectivity index (χ0) is 17.4. The molecule has 1 saturated carbocycles. The van der Waals surface area contributed by atoms with Gasteiger partial charge in [0, 0.05) is 0 Å². The fourth-order valence-corrected chi connectivity index (χ4v) is 3.29. The fourth-order valence-electron chi connectivity index (χ4n) is 3.29. The quantitative estimate of drug-likeness (QED) is 0.899. The number of halogens is 3. The Balaban J connectivity index is 1.91. The van der Waals surface area contributed by atoms with Crippen molar-refractivity contribution in [3.8, 4) is 0 Å². The molecule has 0 saturated heterocycles. The summed E-state index contributed by atoms with van der Waals surface area (Å²) in [4.78, 5) is 4.42. The molecule has 0 amide bonds. The van der Waals surface area contributed by atoms with Crippen LogP contribution in [0.15, 0.2) is 28.8 Å². The number of rotatable bonds is 4. The molecule has 4 nitrogen and oxygen atoms in total. The lowest BCUT2D eigenvalue weighted by Crippen LogP contribution is -2.34. The zero-order valence-corrected chi connectivity index (χ0v) is 13.4. The van der Waals surface area contributed by atoms with Gasteiger partial charge in [-0.3, -0.25) is 0 Å². The van der Waals surface area contributed by atoms with Crippen molar-refractivity contribution in [1.29, 1.82) is 0 Å². The van der Waals surface area contributed by atoms with Gasteiger partial charge in [-0.25, -0.2) is 0 Å². The smallest absolute Gasteiger partial charge is 0.339 e. The number of hydrogen-bond donors (Lipinski definition) is 1. The average Bonchev–Trinajstić information content (AvgIpc) is 3.18. The Kier molecular flexibility index (Phi) is 4.38. The van der Waals surface area contributed by atoms with E-state index < -0.39 is 17.3 Å². The molecule has 1 aromatic heterocycles. The molecule has 1 atom stereocenters. The van der Waals surface area contributed by atoms with E-state index in [2.05, 4.69) is 10.1 Å². The Morgan fingerprint density at radius 2 is 2.00 bits per heavy atom. The second-order valence-corrected chi connectivity index (χ2v) is 6.40. The molecule has 1 aliphatic carbocycles. The van der Waals surface area contributed by atoms with Gasteiger partial charge in [-0.1, -0.05) is 43.1 Å². The van der Waals surface area contributed by atoms with Crippen LogP contribution in [-0.2, 0) is 11.7 Å². The van der Waals surface area contributed by atoms with Gasteiger partial charge in [0.15, 0.2) is 5.82 Å². The van der Waals surface area contributed by atoms with E-state index in [0.29, 0.717) is 23.7 Å². The Morgan fingerprint density at radius 3 is 2.62 bits per heavy atom. The molecule has 1 aliphatic rings. The van der Waals surface area contributed by atoms with Gasteiger partial charge in [0.05, 0.1) is 17.0 Å². The minimum absolute atomic E-state index is 0.323. The predicted octanol–water partition coefficient (Wildman–Crippen LogP) is 4.36. The molecular weight excluding hydrogens is 319 g/mol. The van der Waals surface area contributed by atoms with E-state index in [1.807, 2.05) is 6.92 Å². The van der Waals surface area contributed by atoms with Gasteiger partial charge in [0.1, 0.15) is 0 Å².